The number of rotatable bonds is 3. The lowest BCUT2D eigenvalue weighted by Gasteiger charge is -2.24. The first-order valence-electron chi connectivity index (χ1n) is 5.12. The van der Waals surface area contributed by atoms with Crippen LogP contribution in [0, 0.1) is 5.41 Å². The average molecular weight is 228 g/mol. The van der Waals surface area contributed by atoms with Crippen molar-refractivity contribution in [2.75, 3.05) is 5.32 Å². The van der Waals surface area contributed by atoms with Gasteiger partial charge in [0.1, 0.15) is 5.82 Å². The Labute approximate surface area is 96.2 Å². The predicted molar refractivity (Wildman–Crippen MR) is 64.2 cm³/mol. The van der Waals surface area contributed by atoms with E-state index in [-0.39, 0.29) is 0 Å². The highest BCUT2D eigenvalue weighted by molar-refractivity contribution is 6.29. The Morgan fingerprint density at radius 1 is 1.33 bits per heavy atom. The van der Waals surface area contributed by atoms with Gasteiger partial charge in [0.05, 0.1) is 0 Å². The van der Waals surface area contributed by atoms with Crippen molar-refractivity contribution in [3.63, 3.8) is 0 Å². The number of halogens is 1. The zero-order chi connectivity index (χ0) is 11.5. The van der Waals surface area contributed by atoms with E-state index < -0.39 is 0 Å². The first kappa shape index (κ1) is 12.2. The quantitative estimate of drug-likeness (QED) is 0.861. The van der Waals surface area contributed by atoms with Crippen LogP contribution in [-0.4, -0.2) is 16.2 Å². The molecule has 0 bridgehead atoms. The molecule has 1 rings (SSSR count). The van der Waals surface area contributed by atoms with Crippen molar-refractivity contribution < 1.29 is 0 Å². The fourth-order valence-corrected chi connectivity index (χ4v) is 1.72. The van der Waals surface area contributed by atoms with Gasteiger partial charge in [-0.25, -0.2) is 0 Å². The summed E-state index contributed by atoms with van der Waals surface area (Å²) >= 11 is 5.65. The van der Waals surface area contributed by atoms with Gasteiger partial charge < -0.3 is 5.32 Å². The van der Waals surface area contributed by atoms with Crippen molar-refractivity contribution in [2.45, 2.75) is 40.2 Å². The molecule has 84 valence electrons. The zero-order valence-corrected chi connectivity index (χ0v) is 10.5. The van der Waals surface area contributed by atoms with Gasteiger partial charge in [0.15, 0.2) is 5.15 Å². The maximum absolute atomic E-state index is 5.65. The molecule has 0 fully saturated rings. The van der Waals surface area contributed by atoms with E-state index in [0.29, 0.717) is 16.6 Å². The Bertz CT molecular complexity index is 303. The fourth-order valence-electron chi connectivity index (χ4n) is 1.62. The minimum Gasteiger partial charge on any atom is -0.366 e. The van der Waals surface area contributed by atoms with E-state index in [1.54, 1.807) is 6.07 Å². The summed E-state index contributed by atoms with van der Waals surface area (Å²) in [6, 6.07) is 3.95. The maximum Gasteiger partial charge on any atom is 0.151 e. The normalized spacial score (nSPS) is 13.7. The number of nitrogens with zero attached hydrogens (tertiary/aromatic N) is 2. The van der Waals surface area contributed by atoms with Gasteiger partial charge in [-0.05, 0) is 30.9 Å². The molecule has 0 saturated carbocycles. The summed E-state index contributed by atoms with van der Waals surface area (Å²) in [4.78, 5) is 0. The molecule has 1 atom stereocenters. The predicted octanol–water partition coefficient (Wildman–Crippen LogP) is 3.37. The van der Waals surface area contributed by atoms with Crippen LogP contribution in [0.1, 0.15) is 34.1 Å². The molecule has 0 amide bonds. The summed E-state index contributed by atoms with van der Waals surface area (Å²) in [6.45, 7) is 8.80. The van der Waals surface area contributed by atoms with Crippen LogP contribution in [-0.2, 0) is 0 Å². The Kier molecular flexibility index (Phi) is 3.91. The first-order chi connectivity index (χ1) is 6.87. The van der Waals surface area contributed by atoms with Gasteiger partial charge in [-0.1, -0.05) is 32.4 Å². The van der Waals surface area contributed by atoms with Crippen molar-refractivity contribution in [1.29, 1.82) is 0 Å². The standard InChI is InChI=1S/C11H18ClN3/c1-8(7-11(2,3)4)13-10-6-5-9(12)14-15-10/h5-6,8H,7H2,1-4H3,(H,13,15). The number of hydrogen-bond acceptors (Lipinski definition) is 3. The van der Waals surface area contributed by atoms with Crippen LogP contribution in [0.4, 0.5) is 5.82 Å². The molecular weight excluding hydrogens is 210 g/mol. The smallest absolute Gasteiger partial charge is 0.151 e. The van der Waals surface area contributed by atoms with Crippen LogP contribution >= 0.6 is 11.6 Å². The summed E-state index contributed by atoms with van der Waals surface area (Å²) < 4.78 is 0. The Balaban J connectivity index is 2.51. The highest BCUT2D eigenvalue weighted by atomic mass is 35.5. The first-order valence-corrected chi connectivity index (χ1v) is 5.50. The lowest BCUT2D eigenvalue weighted by Crippen LogP contribution is -2.23. The van der Waals surface area contributed by atoms with Gasteiger partial charge in [-0.2, -0.15) is 0 Å². The molecule has 0 aliphatic carbocycles. The molecule has 0 spiro atoms. The van der Waals surface area contributed by atoms with Crippen LogP contribution < -0.4 is 5.32 Å². The Morgan fingerprint density at radius 3 is 2.47 bits per heavy atom. The van der Waals surface area contributed by atoms with Crippen LogP contribution in [0.5, 0.6) is 0 Å². The van der Waals surface area contributed by atoms with Crippen molar-refractivity contribution in [1.82, 2.24) is 10.2 Å². The third kappa shape index (κ3) is 4.98. The molecule has 1 heterocycles. The van der Waals surface area contributed by atoms with E-state index in [4.69, 9.17) is 11.6 Å². The summed E-state index contributed by atoms with van der Waals surface area (Å²) in [7, 11) is 0. The third-order valence-electron chi connectivity index (χ3n) is 1.94. The fraction of sp³-hybridized carbons (Fsp3) is 0.636. The maximum atomic E-state index is 5.65. The zero-order valence-electron chi connectivity index (χ0n) is 9.71. The molecule has 0 aromatic carbocycles. The van der Waals surface area contributed by atoms with Crippen LogP contribution in [0.25, 0.3) is 0 Å². The molecule has 3 nitrogen and oxygen atoms in total. The lowest BCUT2D eigenvalue weighted by molar-refractivity contribution is 0.357. The number of hydrogen-bond donors (Lipinski definition) is 1. The molecular formula is C11H18ClN3. The Hall–Kier alpha value is -0.830. The largest absolute Gasteiger partial charge is 0.366 e. The molecule has 15 heavy (non-hydrogen) atoms. The summed E-state index contributed by atoms with van der Waals surface area (Å²) in [6.07, 6.45) is 1.08. The van der Waals surface area contributed by atoms with E-state index in [2.05, 4.69) is 43.2 Å². The second kappa shape index (κ2) is 4.79. The minimum absolute atomic E-state index is 0.312. The second-order valence-corrected chi connectivity index (χ2v) is 5.44. The summed E-state index contributed by atoms with van der Waals surface area (Å²) in [5.74, 6) is 0.774. The van der Waals surface area contributed by atoms with Gasteiger partial charge in [0.2, 0.25) is 0 Å². The van der Waals surface area contributed by atoms with Crippen LogP contribution in [0.3, 0.4) is 0 Å². The van der Waals surface area contributed by atoms with E-state index >= 15 is 0 Å². The van der Waals surface area contributed by atoms with Crippen molar-refractivity contribution >= 4 is 17.4 Å². The van der Waals surface area contributed by atoms with Gasteiger partial charge in [0.25, 0.3) is 0 Å². The number of nitrogens with one attached hydrogen (secondary N) is 1. The summed E-state index contributed by atoms with van der Waals surface area (Å²) in [5.41, 5.74) is 0.312. The van der Waals surface area contributed by atoms with E-state index in [0.717, 1.165) is 12.2 Å². The summed E-state index contributed by atoms with van der Waals surface area (Å²) in [5, 5.41) is 11.5. The molecule has 0 aliphatic heterocycles. The highest BCUT2D eigenvalue weighted by Crippen LogP contribution is 2.22. The Morgan fingerprint density at radius 2 is 2.00 bits per heavy atom. The molecule has 1 N–H and O–H groups in total. The molecule has 1 aromatic heterocycles. The van der Waals surface area contributed by atoms with Gasteiger partial charge in [0, 0.05) is 6.04 Å². The SMILES string of the molecule is CC(CC(C)(C)C)Nc1ccc(Cl)nn1. The highest BCUT2D eigenvalue weighted by Gasteiger charge is 2.15. The van der Waals surface area contributed by atoms with Gasteiger partial charge in [-0.15, -0.1) is 10.2 Å². The van der Waals surface area contributed by atoms with E-state index in [9.17, 15) is 0 Å². The number of aromatic nitrogens is 2. The van der Waals surface area contributed by atoms with Crippen molar-refractivity contribution in [3.05, 3.63) is 17.3 Å². The topological polar surface area (TPSA) is 37.8 Å². The molecule has 1 unspecified atom stereocenters. The van der Waals surface area contributed by atoms with Gasteiger partial charge >= 0.3 is 0 Å². The van der Waals surface area contributed by atoms with Crippen LogP contribution in [0.2, 0.25) is 5.15 Å². The molecule has 0 saturated heterocycles. The van der Waals surface area contributed by atoms with Gasteiger partial charge in [-0.3, -0.25) is 0 Å². The molecule has 1 aromatic rings. The molecule has 4 heteroatoms. The average Bonchev–Trinajstić information content (AvgIpc) is 2.05. The molecule has 0 radical (unpaired) electrons. The van der Waals surface area contributed by atoms with E-state index in [1.807, 2.05) is 6.07 Å². The third-order valence-corrected chi connectivity index (χ3v) is 2.15. The minimum atomic E-state index is 0.312. The molecule has 0 aliphatic rings. The van der Waals surface area contributed by atoms with Crippen molar-refractivity contribution in [2.24, 2.45) is 5.41 Å². The van der Waals surface area contributed by atoms with E-state index in [1.165, 1.54) is 0 Å². The van der Waals surface area contributed by atoms with Crippen molar-refractivity contribution in [3.8, 4) is 0 Å². The monoisotopic (exact) mass is 227 g/mol. The number of anilines is 1. The lowest BCUT2D eigenvalue weighted by atomic mass is 9.89. The second-order valence-electron chi connectivity index (χ2n) is 5.05. The van der Waals surface area contributed by atoms with Crippen LogP contribution in [0.15, 0.2) is 12.1 Å².